The summed E-state index contributed by atoms with van der Waals surface area (Å²) in [6.45, 7) is 0. The Balaban J connectivity index is 1.07. The number of amides is 6. The standard InChI is InChI=1S/C61H51ClN8O15/c62-41-20-30-7-14-47(41)85-48-23-31(6-13-46(48)74)53(61(82)83)70-56(77)44-16-28-3-10-38(11-4-28)84-49-24-33-19-40(54(49)75)29-5-12-39-34(26-64-43(39)21-29)22-45(65-55(76)42(63)15-27-1-8-35(71)9-2-27)57(78)67-51(32-17-36(72)25-37(73)18-32)59(80)69-52(33)60(81)68-50(30)58(79)66-44/h1-14,17-21,23-26,42,44-45,50-53,64,71-75H,15-16,22,63H2,(H,65,76)(H,66,79)(H,67,78)(H,68,81)(H,69,80)(H,70,77)(H,82,83). The van der Waals surface area contributed by atoms with E-state index in [9.17, 15) is 49.8 Å². The van der Waals surface area contributed by atoms with Crippen molar-refractivity contribution in [2.24, 2.45) is 5.73 Å². The fourth-order valence-electron chi connectivity index (χ4n) is 10.4. The first-order chi connectivity index (χ1) is 40.7. The number of hydrogen-bond acceptors (Lipinski definition) is 15. The number of aliphatic carboxylic acids is 1. The number of carbonyl (C=O) groups excluding carboxylic acids is 6. The van der Waals surface area contributed by atoms with Gasteiger partial charge < -0.3 is 82.7 Å². The van der Waals surface area contributed by atoms with Crippen molar-refractivity contribution in [3.63, 3.8) is 0 Å². The molecule has 7 heterocycles. The van der Waals surface area contributed by atoms with Gasteiger partial charge in [-0.3, -0.25) is 28.8 Å². The summed E-state index contributed by atoms with van der Waals surface area (Å²) in [6.07, 6.45) is 1.09. The topological polar surface area (TPSA) is 373 Å². The number of benzene rings is 7. The van der Waals surface area contributed by atoms with Crippen LogP contribution in [0.4, 0.5) is 0 Å². The molecule has 6 aliphatic rings. The average Bonchev–Trinajstić information content (AvgIpc) is 3.71. The first-order valence-corrected chi connectivity index (χ1v) is 26.8. The molecule has 24 heteroatoms. The van der Waals surface area contributed by atoms with Gasteiger partial charge in [0.05, 0.1) is 11.1 Å². The molecule has 0 saturated carbocycles. The second kappa shape index (κ2) is 22.9. The summed E-state index contributed by atoms with van der Waals surface area (Å²) >= 11 is 6.84. The largest absolute Gasteiger partial charge is 0.508 e. The Bertz CT molecular complexity index is 4020. The van der Waals surface area contributed by atoms with Crippen molar-refractivity contribution in [2.75, 3.05) is 0 Å². The van der Waals surface area contributed by atoms with E-state index in [-0.39, 0.29) is 80.8 Å². The summed E-state index contributed by atoms with van der Waals surface area (Å²) in [7, 11) is 0. The lowest BCUT2D eigenvalue weighted by Crippen LogP contribution is -2.55. The summed E-state index contributed by atoms with van der Waals surface area (Å²) in [5.41, 5.74) is 8.43. The number of hydrogen-bond donors (Lipinski definition) is 14. The van der Waals surface area contributed by atoms with E-state index in [0.717, 1.165) is 24.3 Å². The predicted molar refractivity (Wildman–Crippen MR) is 304 cm³/mol. The highest BCUT2D eigenvalue weighted by atomic mass is 35.5. The van der Waals surface area contributed by atoms with Crippen LogP contribution < -0.4 is 47.1 Å². The molecule has 6 amide bonds. The molecule has 6 aliphatic heterocycles. The summed E-state index contributed by atoms with van der Waals surface area (Å²) < 4.78 is 12.3. The van der Waals surface area contributed by atoms with E-state index in [4.69, 9.17) is 26.8 Å². The number of aromatic hydroxyl groups is 5. The predicted octanol–water partition coefficient (Wildman–Crippen LogP) is 5.38. The first-order valence-electron chi connectivity index (χ1n) is 26.4. The third-order valence-electron chi connectivity index (χ3n) is 14.8. The zero-order valence-corrected chi connectivity index (χ0v) is 45.0. The second-order valence-electron chi connectivity index (χ2n) is 20.6. The number of carbonyl (C=O) groups is 7. The van der Waals surface area contributed by atoms with E-state index in [2.05, 4.69) is 36.9 Å². The number of rotatable bonds is 6. The zero-order valence-electron chi connectivity index (χ0n) is 44.3. The van der Waals surface area contributed by atoms with Gasteiger partial charge in [0.15, 0.2) is 29.0 Å². The van der Waals surface area contributed by atoms with E-state index < -0.39 is 107 Å². The van der Waals surface area contributed by atoms with Gasteiger partial charge in [-0.05, 0) is 130 Å². The van der Waals surface area contributed by atoms with Gasteiger partial charge in [0.2, 0.25) is 35.4 Å². The van der Waals surface area contributed by atoms with Crippen LogP contribution in [0.5, 0.6) is 51.7 Å². The van der Waals surface area contributed by atoms with Crippen molar-refractivity contribution in [1.82, 2.24) is 36.9 Å². The van der Waals surface area contributed by atoms with Gasteiger partial charge in [0, 0.05) is 41.6 Å². The normalized spacial score (nSPS) is 20.0. The Hall–Kier alpha value is -10.8. The third kappa shape index (κ3) is 11.8. The number of phenols is 5. The minimum absolute atomic E-state index is 0.0120. The SMILES string of the molecule is NC(Cc1ccc(O)cc1)C(=O)NC1Cc2c[nH]c3cc(ccc23)-c2cc3cc(c2O)Oc2ccc(cc2)CC2NC(=O)C(NC(=O)C3NC(=O)C(c3cc(O)cc(O)c3)NC1=O)c1ccc(c(Cl)c1)Oc1cc(ccc1O)C(C(=O)O)NC2=O. The fraction of sp³-hybridized carbons (Fsp3) is 0.164. The van der Waals surface area contributed by atoms with E-state index in [1.165, 1.54) is 66.7 Å². The van der Waals surface area contributed by atoms with Gasteiger partial charge in [0.1, 0.15) is 59.0 Å². The maximum atomic E-state index is 15.6. The van der Waals surface area contributed by atoms with Crippen LogP contribution in [-0.2, 0) is 52.8 Å². The third-order valence-corrected chi connectivity index (χ3v) is 15.1. The fourth-order valence-corrected chi connectivity index (χ4v) is 10.7. The molecule has 0 aliphatic carbocycles. The van der Waals surface area contributed by atoms with Crippen molar-refractivity contribution in [2.45, 2.75) is 61.6 Å². The van der Waals surface area contributed by atoms with Crippen LogP contribution >= 0.6 is 11.6 Å². The molecule has 8 aromatic rings. The maximum Gasteiger partial charge on any atom is 0.330 e. The number of aromatic amines is 1. The minimum Gasteiger partial charge on any atom is -0.508 e. The molecule has 7 unspecified atom stereocenters. The molecular formula is C61H51ClN8O15. The van der Waals surface area contributed by atoms with Gasteiger partial charge in [-0.1, -0.05) is 60.1 Å². The zero-order chi connectivity index (χ0) is 60.0. The molecule has 7 aromatic carbocycles. The van der Waals surface area contributed by atoms with Crippen molar-refractivity contribution in [3.8, 4) is 62.9 Å². The summed E-state index contributed by atoms with van der Waals surface area (Å²) in [5, 5.41) is 81.3. The molecule has 14 rings (SSSR count). The van der Waals surface area contributed by atoms with Crippen LogP contribution in [0.25, 0.3) is 22.0 Å². The molecule has 432 valence electrons. The van der Waals surface area contributed by atoms with Crippen LogP contribution in [0.1, 0.15) is 63.1 Å². The maximum absolute atomic E-state index is 15.6. The summed E-state index contributed by atoms with van der Waals surface area (Å²) in [5.74, 6) is -10.1. The smallest absolute Gasteiger partial charge is 0.330 e. The quantitative estimate of drug-likeness (QED) is 0.0993. The molecule has 7 atom stereocenters. The number of nitrogens with one attached hydrogen (secondary N) is 7. The number of carboxylic acid groups (broad SMARTS) is 1. The molecule has 0 spiro atoms. The van der Waals surface area contributed by atoms with Gasteiger partial charge >= 0.3 is 5.97 Å². The molecule has 0 radical (unpaired) electrons. The van der Waals surface area contributed by atoms with Crippen LogP contribution in [0, 0.1) is 0 Å². The molecule has 15 N–H and O–H groups in total. The number of ether oxygens (including phenoxy) is 2. The van der Waals surface area contributed by atoms with Crippen molar-refractivity contribution in [1.29, 1.82) is 0 Å². The molecular weight excluding hydrogens is 1120 g/mol. The number of nitrogens with two attached hydrogens (primary N) is 1. The number of fused-ring (bicyclic) bond motifs is 14. The lowest BCUT2D eigenvalue weighted by Gasteiger charge is -2.29. The average molecular weight is 1170 g/mol. The van der Waals surface area contributed by atoms with Crippen molar-refractivity contribution < 1.29 is 73.7 Å². The van der Waals surface area contributed by atoms with E-state index in [1.54, 1.807) is 48.7 Å². The Morgan fingerprint density at radius 3 is 1.94 bits per heavy atom. The molecule has 23 nitrogen and oxygen atoms in total. The number of phenolic OH excluding ortho intramolecular Hbond substituents is 5. The molecule has 85 heavy (non-hydrogen) atoms. The Kier molecular flexibility index (Phi) is 15.1. The van der Waals surface area contributed by atoms with E-state index in [0.29, 0.717) is 33.2 Å². The van der Waals surface area contributed by atoms with Crippen molar-refractivity contribution in [3.05, 3.63) is 184 Å². The highest BCUT2D eigenvalue weighted by molar-refractivity contribution is 6.32. The first kappa shape index (κ1) is 56.1. The summed E-state index contributed by atoms with van der Waals surface area (Å²) in [6, 6.07) is 18.6. The van der Waals surface area contributed by atoms with Crippen LogP contribution in [0.3, 0.4) is 0 Å². The van der Waals surface area contributed by atoms with E-state index >= 15 is 14.4 Å². The minimum atomic E-state index is -1.97. The Morgan fingerprint density at radius 1 is 0.600 bits per heavy atom. The lowest BCUT2D eigenvalue weighted by molar-refractivity contribution is -0.142. The summed E-state index contributed by atoms with van der Waals surface area (Å²) in [4.78, 5) is 106. The Labute approximate surface area is 486 Å². The van der Waals surface area contributed by atoms with Gasteiger partial charge in [-0.25, -0.2) is 4.79 Å². The van der Waals surface area contributed by atoms with Gasteiger partial charge in [0.25, 0.3) is 0 Å². The molecule has 0 saturated heterocycles. The molecule has 1 aromatic heterocycles. The number of H-pyrrole nitrogens is 1. The molecule has 0 fully saturated rings. The van der Waals surface area contributed by atoms with Gasteiger partial charge in [-0.2, -0.15) is 0 Å². The number of carboxylic acids is 1. The highest BCUT2D eigenvalue weighted by Gasteiger charge is 2.38. The number of halogens is 1. The van der Waals surface area contributed by atoms with E-state index in [1.807, 2.05) is 0 Å². The highest BCUT2D eigenvalue weighted by Crippen LogP contribution is 2.44. The van der Waals surface area contributed by atoms with Crippen LogP contribution in [-0.4, -0.2) is 95.2 Å². The number of aromatic nitrogens is 1. The second-order valence-corrected chi connectivity index (χ2v) is 21.1. The lowest BCUT2D eigenvalue weighted by atomic mass is 9.94. The monoisotopic (exact) mass is 1170 g/mol. The van der Waals surface area contributed by atoms with Crippen molar-refractivity contribution >= 4 is 63.9 Å². The molecule has 15 bridgehead atoms. The Morgan fingerprint density at radius 2 is 1.25 bits per heavy atom. The van der Waals surface area contributed by atoms with Crippen LogP contribution in [0.2, 0.25) is 5.02 Å². The van der Waals surface area contributed by atoms with Crippen LogP contribution in [0.15, 0.2) is 140 Å². The van der Waals surface area contributed by atoms with Gasteiger partial charge in [-0.15, -0.1) is 0 Å².